The number of aliphatic hydroxyl groups is 1. The van der Waals surface area contributed by atoms with Crippen LogP contribution in [0.1, 0.15) is 5.56 Å². The van der Waals surface area contributed by atoms with E-state index >= 15 is 0 Å². The van der Waals surface area contributed by atoms with Crippen LogP contribution in [0.15, 0.2) is 66.7 Å². The van der Waals surface area contributed by atoms with Crippen molar-refractivity contribution >= 4 is 28.3 Å². The Morgan fingerprint density at radius 1 is 0.889 bits per heavy atom. The molecule has 0 spiro atoms. The summed E-state index contributed by atoms with van der Waals surface area (Å²) in [6.07, 6.45) is 0. The fraction of sp³-hybridized carbons (Fsp3) is 0.143. The van der Waals surface area contributed by atoms with Crippen LogP contribution in [-0.2, 0) is 16.1 Å². The van der Waals surface area contributed by atoms with Gasteiger partial charge in [0.15, 0.2) is 0 Å². The lowest BCUT2D eigenvalue weighted by molar-refractivity contribution is -0.143. The Kier molecular flexibility index (Phi) is 5.68. The smallest absolute Gasteiger partial charge is 0.313 e. The average molecular weight is 364 g/mol. The normalized spacial score (nSPS) is 10.6. The van der Waals surface area contributed by atoms with Crippen LogP contribution in [0.3, 0.4) is 0 Å². The summed E-state index contributed by atoms with van der Waals surface area (Å²) in [6.45, 7) is 0.0371. The van der Waals surface area contributed by atoms with Gasteiger partial charge in [0.05, 0.1) is 6.61 Å². The number of phenols is 1. The summed E-state index contributed by atoms with van der Waals surface area (Å²) in [5, 5.41) is 23.0. The highest BCUT2D eigenvalue weighted by Crippen LogP contribution is 2.29. The number of carbonyl (C=O) groups excluding carboxylic acids is 2. The third kappa shape index (κ3) is 4.24. The Morgan fingerprint density at radius 3 is 2.33 bits per heavy atom. The second-order valence-electron chi connectivity index (χ2n) is 6.07. The van der Waals surface area contributed by atoms with E-state index in [2.05, 4.69) is 5.32 Å². The number of amides is 2. The molecule has 0 saturated heterocycles. The lowest BCUT2D eigenvalue weighted by atomic mass is 10.1. The van der Waals surface area contributed by atoms with Gasteiger partial charge in [0.1, 0.15) is 5.75 Å². The number of hydrogen-bond donors (Lipinski definition) is 3. The van der Waals surface area contributed by atoms with Crippen LogP contribution < -0.4 is 5.32 Å². The third-order valence-corrected chi connectivity index (χ3v) is 4.21. The second-order valence-corrected chi connectivity index (χ2v) is 6.07. The van der Waals surface area contributed by atoms with E-state index in [9.17, 15) is 19.8 Å². The van der Waals surface area contributed by atoms with Crippen molar-refractivity contribution in [3.05, 3.63) is 72.3 Å². The van der Waals surface area contributed by atoms with Crippen molar-refractivity contribution in [2.45, 2.75) is 6.54 Å². The summed E-state index contributed by atoms with van der Waals surface area (Å²) < 4.78 is 0. The zero-order chi connectivity index (χ0) is 19.2. The Bertz CT molecular complexity index is 957. The summed E-state index contributed by atoms with van der Waals surface area (Å²) in [5.74, 6) is -1.43. The molecule has 0 radical (unpaired) electrons. The van der Waals surface area contributed by atoms with Gasteiger partial charge in [-0.15, -0.1) is 0 Å². The van der Waals surface area contributed by atoms with Gasteiger partial charge in [-0.3, -0.25) is 9.59 Å². The largest absolute Gasteiger partial charge is 0.507 e. The average Bonchev–Trinajstić information content (AvgIpc) is 2.68. The van der Waals surface area contributed by atoms with Gasteiger partial charge in [0.2, 0.25) is 0 Å². The highest BCUT2D eigenvalue weighted by molar-refractivity contribution is 6.40. The summed E-state index contributed by atoms with van der Waals surface area (Å²) in [6, 6.07) is 19.3. The number of nitrogens with zero attached hydrogens (tertiary/aromatic N) is 1. The van der Waals surface area contributed by atoms with Crippen LogP contribution in [0.25, 0.3) is 10.8 Å². The number of anilines is 1. The zero-order valence-electron chi connectivity index (χ0n) is 14.6. The molecule has 3 N–H and O–H groups in total. The van der Waals surface area contributed by atoms with Gasteiger partial charge >= 0.3 is 11.8 Å². The first-order valence-electron chi connectivity index (χ1n) is 8.56. The molecule has 27 heavy (non-hydrogen) atoms. The fourth-order valence-corrected chi connectivity index (χ4v) is 2.90. The van der Waals surface area contributed by atoms with Crippen molar-refractivity contribution in [1.82, 2.24) is 4.90 Å². The van der Waals surface area contributed by atoms with Crippen LogP contribution in [0, 0.1) is 0 Å². The molecule has 0 heterocycles. The molecule has 0 aromatic heterocycles. The first kappa shape index (κ1) is 18.4. The van der Waals surface area contributed by atoms with E-state index in [4.69, 9.17) is 0 Å². The highest BCUT2D eigenvalue weighted by atomic mass is 16.3. The summed E-state index contributed by atoms with van der Waals surface area (Å²) in [5.41, 5.74) is 1.30. The molecule has 3 aromatic rings. The summed E-state index contributed by atoms with van der Waals surface area (Å²) >= 11 is 0. The molecule has 2 amide bonds. The molecule has 138 valence electrons. The topological polar surface area (TPSA) is 89.9 Å². The van der Waals surface area contributed by atoms with E-state index in [1.807, 2.05) is 30.3 Å². The lowest BCUT2D eigenvalue weighted by Gasteiger charge is -2.21. The molecular formula is C21H20N2O4. The van der Waals surface area contributed by atoms with E-state index in [1.54, 1.807) is 36.4 Å². The Morgan fingerprint density at radius 2 is 1.59 bits per heavy atom. The van der Waals surface area contributed by atoms with Crippen molar-refractivity contribution in [2.24, 2.45) is 0 Å². The minimum absolute atomic E-state index is 0.0530. The molecular weight excluding hydrogens is 344 g/mol. The van der Waals surface area contributed by atoms with Gasteiger partial charge in [-0.25, -0.2) is 0 Å². The minimum Gasteiger partial charge on any atom is -0.507 e. The van der Waals surface area contributed by atoms with Crippen LogP contribution in [0.5, 0.6) is 5.75 Å². The molecule has 0 atom stereocenters. The monoisotopic (exact) mass is 364 g/mol. The molecule has 0 fully saturated rings. The van der Waals surface area contributed by atoms with Gasteiger partial charge in [-0.2, -0.15) is 0 Å². The molecule has 0 aliphatic heterocycles. The quantitative estimate of drug-likeness (QED) is 0.607. The van der Waals surface area contributed by atoms with Crippen LogP contribution in [0.2, 0.25) is 0 Å². The standard InChI is InChI=1S/C21H20N2O4/c24-13-12-23(14-15-6-2-1-3-7-15)21(27)20(26)22-18-10-4-9-17-16(18)8-5-11-19(17)25/h1-11,24-25H,12-14H2,(H,22,26). The summed E-state index contributed by atoms with van der Waals surface area (Å²) in [7, 11) is 0. The Balaban J connectivity index is 1.80. The predicted octanol–water partition coefficient (Wildman–Crippen LogP) is 2.51. The number of aliphatic hydroxyl groups excluding tert-OH is 1. The summed E-state index contributed by atoms with van der Waals surface area (Å²) in [4.78, 5) is 26.4. The number of phenolic OH excluding ortho intramolecular Hbond substituents is 1. The Hall–Kier alpha value is -3.38. The lowest BCUT2D eigenvalue weighted by Crippen LogP contribution is -2.40. The fourth-order valence-electron chi connectivity index (χ4n) is 2.90. The number of rotatable bonds is 5. The van der Waals surface area contributed by atoms with Gasteiger partial charge in [-0.05, 0) is 17.7 Å². The van der Waals surface area contributed by atoms with Crippen molar-refractivity contribution < 1.29 is 19.8 Å². The Labute approximate surface area is 156 Å². The molecule has 0 aliphatic rings. The maximum Gasteiger partial charge on any atom is 0.313 e. The number of hydrogen-bond acceptors (Lipinski definition) is 4. The molecule has 3 rings (SSSR count). The SMILES string of the molecule is O=C(Nc1cccc2c(O)cccc12)C(=O)N(CCO)Cc1ccccc1. The molecule has 0 bridgehead atoms. The van der Waals surface area contributed by atoms with Crippen molar-refractivity contribution in [3.8, 4) is 5.75 Å². The minimum atomic E-state index is -0.796. The van der Waals surface area contributed by atoms with Gasteiger partial charge in [0, 0.05) is 29.5 Å². The van der Waals surface area contributed by atoms with E-state index in [0.717, 1.165) is 5.56 Å². The van der Waals surface area contributed by atoms with Crippen molar-refractivity contribution in [2.75, 3.05) is 18.5 Å². The number of carbonyl (C=O) groups is 2. The number of benzene rings is 3. The molecule has 3 aromatic carbocycles. The van der Waals surface area contributed by atoms with Crippen LogP contribution in [0.4, 0.5) is 5.69 Å². The predicted molar refractivity (Wildman–Crippen MR) is 103 cm³/mol. The number of aromatic hydroxyl groups is 1. The first-order chi connectivity index (χ1) is 13.1. The zero-order valence-corrected chi connectivity index (χ0v) is 14.6. The second kappa shape index (κ2) is 8.33. The van der Waals surface area contributed by atoms with Crippen LogP contribution >= 0.6 is 0 Å². The van der Waals surface area contributed by atoms with E-state index in [0.29, 0.717) is 16.5 Å². The molecule has 6 heteroatoms. The van der Waals surface area contributed by atoms with E-state index in [1.165, 1.54) is 4.90 Å². The van der Waals surface area contributed by atoms with E-state index in [-0.39, 0.29) is 25.4 Å². The van der Waals surface area contributed by atoms with Crippen LogP contribution in [-0.4, -0.2) is 40.1 Å². The number of nitrogens with one attached hydrogen (secondary N) is 1. The maximum absolute atomic E-state index is 12.6. The van der Waals surface area contributed by atoms with Crippen molar-refractivity contribution in [1.29, 1.82) is 0 Å². The van der Waals surface area contributed by atoms with E-state index < -0.39 is 11.8 Å². The molecule has 6 nitrogen and oxygen atoms in total. The number of fused-ring (bicyclic) bond motifs is 1. The van der Waals surface area contributed by atoms with Gasteiger partial charge in [0.25, 0.3) is 0 Å². The third-order valence-electron chi connectivity index (χ3n) is 4.21. The first-order valence-corrected chi connectivity index (χ1v) is 8.56. The maximum atomic E-state index is 12.6. The van der Waals surface area contributed by atoms with Gasteiger partial charge < -0.3 is 20.4 Å². The van der Waals surface area contributed by atoms with Crippen molar-refractivity contribution in [3.63, 3.8) is 0 Å². The highest BCUT2D eigenvalue weighted by Gasteiger charge is 2.22. The molecule has 0 unspecified atom stereocenters. The molecule has 0 aliphatic carbocycles. The van der Waals surface area contributed by atoms with Gasteiger partial charge in [-0.1, -0.05) is 54.6 Å². The molecule has 0 saturated carbocycles.